The molecule has 4 nitrogen and oxygen atoms in total. The number of halogens is 1. The molecule has 3 aromatic rings. The van der Waals surface area contributed by atoms with Crippen molar-refractivity contribution in [2.45, 2.75) is 32.6 Å². The van der Waals surface area contributed by atoms with Crippen LogP contribution in [0, 0.1) is 6.92 Å². The van der Waals surface area contributed by atoms with Crippen molar-refractivity contribution in [3.8, 4) is 17.1 Å². The first-order valence-electron chi connectivity index (χ1n) is 8.13. The summed E-state index contributed by atoms with van der Waals surface area (Å²) in [5.41, 5.74) is 3.10. The molecule has 0 atom stereocenters. The Labute approximate surface area is 152 Å². The SMILES string of the molecule is COc1ccc(-c2noc(CC(C)(C)c3ccc(C)cc3)n2)c(Cl)c1. The van der Waals surface area contributed by atoms with Crippen molar-refractivity contribution in [3.63, 3.8) is 0 Å². The van der Waals surface area contributed by atoms with Crippen molar-refractivity contribution in [2.24, 2.45) is 0 Å². The standard InChI is InChI=1S/C20H21ClN2O2/c1-13-5-7-14(8-6-13)20(2,3)12-18-22-19(23-25-18)16-10-9-15(24-4)11-17(16)21/h5-11H,12H2,1-4H3. The van der Waals surface area contributed by atoms with Crippen LogP contribution in [0.5, 0.6) is 5.75 Å². The summed E-state index contributed by atoms with van der Waals surface area (Å²) in [5, 5.41) is 4.62. The summed E-state index contributed by atoms with van der Waals surface area (Å²) < 4.78 is 10.6. The summed E-state index contributed by atoms with van der Waals surface area (Å²) in [6.07, 6.45) is 0.650. The average molecular weight is 357 g/mol. The Morgan fingerprint density at radius 1 is 1.12 bits per heavy atom. The summed E-state index contributed by atoms with van der Waals surface area (Å²) in [4.78, 5) is 4.52. The number of aryl methyl sites for hydroxylation is 1. The Kier molecular flexibility index (Phi) is 4.82. The molecule has 0 unspecified atom stereocenters. The van der Waals surface area contributed by atoms with Gasteiger partial charge in [-0.15, -0.1) is 0 Å². The lowest BCUT2D eigenvalue weighted by Crippen LogP contribution is -2.20. The molecule has 0 bridgehead atoms. The second kappa shape index (κ2) is 6.89. The maximum Gasteiger partial charge on any atom is 0.227 e. The van der Waals surface area contributed by atoms with Gasteiger partial charge in [-0.3, -0.25) is 0 Å². The maximum absolute atomic E-state index is 6.29. The highest BCUT2D eigenvalue weighted by Crippen LogP contribution is 2.31. The lowest BCUT2D eigenvalue weighted by atomic mass is 9.81. The number of rotatable bonds is 5. The molecule has 1 aromatic heterocycles. The molecule has 2 aromatic carbocycles. The fourth-order valence-electron chi connectivity index (χ4n) is 2.73. The maximum atomic E-state index is 6.29. The highest BCUT2D eigenvalue weighted by atomic mass is 35.5. The number of ether oxygens (including phenoxy) is 1. The molecule has 0 fully saturated rings. The van der Waals surface area contributed by atoms with Crippen LogP contribution in [0.15, 0.2) is 47.0 Å². The predicted octanol–water partition coefficient (Wildman–Crippen LogP) is 5.23. The van der Waals surface area contributed by atoms with Crippen LogP contribution in [0.25, 0.3) is 11.4 Å². The van der Waals surface area contributed by atoms with Crippen LogP contribution in [-0.4, -0.2) is 17.3 Å². The molecular weight excluding hydrogens is 336 g/mol. The molecule has 0 saturated carbocycles. The Hall–Kier alpha value is -2.33. The zero-order valence-corrected chi connectivity index (χ0v) is 15.6. The summed E-state index contributed by atoms with van der Waals surface area (Å²) in [5.74, 6) is 1.77. The van der Waals surface area contributed by atoms with Crippen LogP contribution >= 0.6 is 11.6 Å². The van der Waals surface area contributed by atoms with E-state index < -0.39 is 0 Å². The van der Waals surface area contributed by atoms with Gasteiger partial charge in [0.05, 0.1) is 12.1 Å². The smallest absolute Gasteiger partial charge is 0.227 e. The van der Waals surface area contributed by atoms with Gasteiger partial charge in [0.2, 0.25) is 11.7 Å². The van der Waals surface area contributed by atoms with Crippen LogP contribution in [0.1, 0.15) is 30.9 Å². The van der Waals surface area contributed by atoms with E-state index in [1.807, 2.05) is 12.1 Å². The normalized spacial score (nSPS) is 11.6. The molecule has 0 spiro atoms. The van der Waals surface area contributed by atoms with Gasteiger partial charge >= 0.3 is 0 Å². The van der Waals surface area contributed by atoms with Crippen molar-refractivity contribution in [2.75, 3.05) is 7.11 Å². The molecule has 1 heterocycles. The minimum atomic E-state index is -0.110. The van der Waals surface area contributed by atoms with Crippen LogP contribution in [0.4, 0.5) is 0 Å². The Balaban J connectivity index is 1.83. The van der Waals surface area contributed by atoms with Crippen molar-refractivity contribution >= 4 is 11.6 Å². The minimum absolute atomic E-state index is 0.110. The third-order valence-corrected chi connectivity index (χ3v) is 4.62. The van der Waals surface area contributed by atoms with E-state index in [2.05, 4.69) is 55.2 Å². The van der Waals surface area contributed by atoms with E-state index in [1.54, 1.807) is 13.2 Å². The van der Waals surface area contributed by atoms with Gasteiger partial charge in [0.1, 0.15) is 5.75 Å². The van der Waals surface area contributed by atoms with Crippen molar-refractivity contribution in [1.82, 2.24) is 10.1 Å². The number of aromatic nitrogens is 2. The Morgan fingerprint density at radius 3 is 2.48 bits per heavy atom. The van der Waals surface area contributed by atoms with Gasteiger partial charge in [-0.2, -0.15) is 4.98 Å². The van der Waals surface area contributed by atoms with Crippen LogP contribution in [-0.2, 0) is 11.8 Å². The fraction of sp³-hybridized carbons (Fsp3) is 0.300. The molecule has 0 amide bonds. The van der Waals surface area contributed by atoms with E-state index >= 15 is 0 Å². The molecule has 0 aliphatic heterocycles. The molecule has 0 N–H and O–H groups in total. The third kappa shape index (κ3) is 3.85. The van der Waals surface area contributed by atoms with Crippen LogP contribution in [0.3, 0.4) is 0 Å². The first kappa shape index (κ1) is 17.5. The molecular formula is C20H21ClN2O2. The molecule has 3 rings (SSSR count). The van der Waals surface area contributed by atoms with Crippen molar-refractivity contribution in [1.29, 1.82) is 0 Å². The van der Waals surface area contributed by atoms with Gasteiger partial charge in [-0.25, -0.2) is 0 Å². The second-order valence-electron chi connectivity index (χ2n) is 6.78. The van der Waals surface area contributed by atoms with Gasteiger partial charge < -0.3 is 9.26 Å². The summed E-state index contributed by atoms with van der Waals surface area (Å²) in [6, 6.07) is 13.9. The lowest BCUT2D eigenvalue weighted by Gasteiger charge is -2.23. The van der Waals surface area contributed by atoms with E-state index in [0.29, 0.717) is 28.9 Å². The topological polar surface area (TPSA) is 48.2 Å². The number of methoxy groups -OCH3 is 1. The van der Waals surface area contributed by atoms with E-state index in [9.17, 15) is 0 Å². The van der Waals surface area contributed by atoms with Crippen LogP contribution < -0.4 is 4.74 Å². The highest BCUT2D eigenvalue weighted by molar-refractivity contribution is 6.33. The predicted molar refractivity (Wildman–Crippen MR) is 99.2 cm³/mol. The average Bonchev–Trinajstić information content (AvgIpc) is 3.02. The molecule has 0 aliphatic rings. The van der Waals surface area contributed by atoms with Gasteiger partial charge in [0, 0.05) is 12.0 Å². The van der Waals surface area contributed by atoms with Crippen LogP contribution in [0.2, 0.25) is 5.02 Å². The summed E-state index contributed by atoms with van der Waals surface area (Å²) in [7, 11) is 1.60. The fourth-order valence-corrected chi connectivity index (χ4v) is 2.98. The highest BCUT2D eigenvalue weighted by Gasteiger charge is 2.25. The Morgan fingerprint density at radius 2 is 1.84 bits per heavy atom. The van der Waals surface area contributed by atoms with Gasteiger partial charge in [0.15, 0.2) is 0 Å². The number of hydrogen-bond donors (Lipinski definition) is 0. The minimum Gasteiger partial charge on any atom is -0.497 e. The summed E-state index contributed by atoms with van der Waals surface area (Å²) in [6.45, 7) is 6.42. The third-order valence-electron chi connectivity index (χ3n) is 4.31. The Bertz CT molecular complexity index is 870. The zero-order chi connectivity index (χ0) is 18.0. The molecule has 0 radical (unpaired) electrons. The van der Waals surface area contributed by atoms with Gasteiger partial charge in [-0.05, 0) is 36.1 Å². The largest absolute Gasteiger partial charge is 0.497 e. The van der Waals surface area contributed by atoms with E-state index in [1.165, 1.54) is 11.1 Å². The number of benzene rings is 2. The molecule has 130 valence electrons. The monoisotopic (exact) mass is 356 g/mol. The molecule has 0 saturated heterocycles. The summed E-state index contributed by atoms with van der Waals surface area (Å²) >= 11 is 6.29. The molecule has 25 heavy (non-hydrogen) atoms. The van der Waals surface area contributed by atoms with E-state index in [4.69, 9.17) is 20.9 Å². The first-order valence-corrected chi connectivity index (χ1v) is 8.50. The zero-order valence-electron chi connectivity index (χ0n) is 14.8. The number of nitrogens with zero attached hydrogens (tertiary/aromatic N) is 2. The first-order chi connectivity index (χ1) is 11.9. The van der Waals surface area contributed by atoms with E-state index in [-0.39, 0.29) is 5.41 Å². The quantitative estimate of drug-likeness (QED) is 0.628. The second-order valence-corrected chi connectivity index (χ2v) is 7.19. The number of hydrogen-bond acceptors (Lipinski definition) is 4. The van der Waals surface area contributed by atoms with Gasteiger partial charge in [-0.1, -0.05) is 60.4 Å². The van der Waals surface area contributed by atoms with E-state index in [0.717, 1.165) is 5.56 Å². The lowest BCUT2D eigenvalue weighted by molar-refractivity contribution is 0.347. The van der Waals surface area contributed by atoms with Crippen molar-refractivity contribution < 1.29 is 9.26 Å². The van der Waals surface area contributed by atoms with Crippen molar-refractivity contribution in [3.05, 3.63) is 64.5 Å². The molecule has 5 heteroatoms. The molecule has 0 aliphatic carbocycles. The van der Waals surface area contributed by atoms with Gasteiger partial charge in [0.25, 0.3) is 0 Å².